The molecule has 3 rings (SSSR count). The van der Waals surface area contributed by atoms with E-state index in [9.17, 15) is 4.79 Å². The first kappa shape index (κ1) is 17.2. The number of halogens is 1. The van der Waals surface area contributed by atoms with E-state index in [1.165, 1.54) is 0 Å². The van der Waals surface area contributed by atoms with Crippen LogP contribution >= 0.6 is 12.4 Å². The minimum atomic E-state index is 0. The molecule has 1 amide bonds. The zero-order valence-electron chi connectivity index (χ0n) is 13.1. The zero-order chi connectivity index (χ0) is 14.7. The van der Waals surface area contributed by atoms with Gasteiger partial charge in [-0.3, -0.25) is 4.79 Å². The lowest BCUT2D eigenvalue weighted by molar-refractivity contribution is -0.137. The molecule has 124 valence electrons. The van der Waals surface area contributed by atoms with E-state index in [1.807, 2.05) is 6.92 Å². The van der Waals surface area contributed by atoms with Crippen LogP contribution in [-0.2, 0) is 11.2 Å². The highest BCUT2D eigenvalue weighted by molar-refractivity contribution is 5.85. The second kappa shape index (κ2) is 7.92. The third-order valence-corrected chi connectivity index (χ3v) is 4.52. The van der Waals surface area contributed by atoms with Crippen LogP contribution in [0.5, 0.6) is 0 Å². The molecule has 2 saturated heterocycles. The maximum Gasteiger partial charge on any atom is 0.226 e. The molecule has 0 radical (unpaired) electrons. The van der Waals surface area contributed by atoms with Gasteiger partial charge in [0, 0.05) is 33.0 Å². The average molecular weight is 329 g/mol. The molecule has 2 unspecified atom stereocenters. The highest BCUT2D eigenvalue weighted by atomic mass is 35.5. The van der Waals surface area contributed by atoms with Crippen LogP contribution < -0.4 is 5.32 Å². The fourth-order valence-corrected chi connectivity index (χ4v) is 3.44. The summed E-state index contributed by atoms with van der Waals surface area (Å²) < 4.78 is 5.03. The number of carbonyl (C=O) groups excluding carboxylic acids is 1. The average Bonchev–Trinajstić information content (AvgIpc) is 2.93. The number of amides is 1. The molecule has 2 atom stereocenters. The molecule has 6 nitrogen and oxygen atoms in total. The van der Waals surface area contributed by atoms with Crippen LogP contribution in [0.1, 0.15) is 37.4 Å². The molecule has 0 saturated carbocycles. The number of carbonyl (C=O) groups is 1. The third kappa shape index (κ3) is 4.20. The molecule has 1 aromatic rings. The number of rotatable bonds is 3. The Bertz CT molecular complexity index is 488. The number of nitrogens with zero attached hydrogens (tertiary/aromatic N) is 3. The first-order chi connectivity index (χ1) is 10.2. The summed E-state index contributed by atoms with van der Waals surface area (Å²) >= 11 is 0. The summed E-state index contributed by atoms with van der Waals surface area (Å²) in [5.74, 6) is 2.34. The van der Waals surface area contributed by atoms with Gasteiger partial charge in [0.05, 0.1) is 5.92 Å². The second-order valence-corrected chi connectivity index (χ2v) is 6.27. The van der Waals surface area contributed by atoms with Crippen molar-refractivity contribution in [1.29, 1.82) is 0 Å². The number of aryl methyl sites for hydroxylation is 1. The summed E-state index contributed by atoms with van der Waals surface area (Å²) in [6.45, 7) is 5.43. The van der Waals surface area contributed by atoms with Gasteiger partial charge in [-0.25, -0.2) is 0 Å². The maximum atomic E-state index is 12.6. The number of hydrogen-bond acceptors (Lipinski definition) is 5. The fraction of sp³-hybridized carbons (Fsp3) is 0.800. The quantitative estimate of drug-likeness (QED) is 0.912. The van der Waals surface area contributed by atoms with E-state index < -0.39 is 0 Å². The SMILES string of the molecule is Cc1nc(CC2CCCN(C(=O)C3CCCNC3)C2)no1.Cl. The number of aromatic nitrogens is 2. The van der Waals surface area contributed by atoms with E-state index in [1.54, 1.807) is 0 Å². The smallest absolute Gasteiger partial charge is 0.226 e. The first-order valence-electron chi connectivity index (χ1n) is 8.01. The molecule has 2 fully saturated rings. The van der Waals surface area contributed by atoms with Crippen molar-refractivity contribution in [3.05, 3.63) is 11.7 Å². The molecule has 0 aliphatic carbocycles. The van der Waals surface area contributed by atoms with Crippen LogP contribution in [0, 0.1) is 18.8 Å². The van der Waals surface area contributed by atoms with Crippen LogP contribution in [0.3, 0.4) is 0 Å². The molecule has 0 spiro atoms. The Hall–Kier alpha value is -1.14. The second-order valence-electron chi connectivity index (χ2n) is 6.27. The first-order valence-corrected chi connectivity index (χ1v) is 8.01. The van der Waals surface area contributed by atoms with Gasteiger partial charge in [-0.05, 0) is 38.1 Å². The molecule has 1 aromatic heterocycles. The molecule has 22 heavy (non-hydrogen) atoms. The molecular weight excluding hydrogens is 304 g/mol. The lowest BCUT2D eigenvalue weighted by atomic mass is 9.92. The monoisotopic (exact) mass is 328 g/mol. The zero-order valence-corrected chi connectivity index (χ0v) is 13.9. The predicted molar refractivity (Wildman–Crippen MR) is 84.9 cm³/mol. The highest BCUT2D eigenvalue weighted by Crippen LogP contribution is 2.23. The Kier molecular flexibility index (Phi) is 6.20. The Labute approximate surface area is 137 Å². The number of hydrogen-bond donors (Lipinski definition) is 1. The molecular formula is C15H25ClN4O2. The molecule has 0 bridgehead atoms. The van der Waals surface area contributed by atoms with E-state index >= 15 is 0 Å². The number of nitrogens with one attached hydrogen (secondary N) is 1. The third-order valence-electron chi connectivity index (χ3n) is 4.52. The maximum absolute atomic E-state index is 12.6. The van der Waals surface area contributed by atoms with Gasteiger partial charge >= 0.3 is 0 Å². The molecule has 7 heteroatoms. The van der Waals surface area contributed by atoms with Crippen molar-refractivity contribution in [3.63, 3.8) is 0 Å². The van der Waals surface area contributed by atoms with Gasteiger partial charge < -0.3 is 14.7 Å². The minimum absolute atomic E-state index is 0. The van der Waals surface area contributed by atoms with E-state index in [0.29, 0.717) is 17.7 Å². The summed E-state index contributed by atoms with van der Waals surface area (Å²) in [7, 11) is 0. The van der Waals surface area contributed by atoms with E-state index in [2.05, 4.69) is 20.4 Å². The Morgan fingerprint density at radius 1 is 1.41 bits per heavy atom. The van der Waals surface area contributed by atoms with Gasteiger partial charge in [0.1, 0.15) is 0 Å². The van der Waals surface area contributed by atoms with Gasteiger partial charge in [0.15, 0.2) is 5.82 Å². The van der Waals surface area contributed by atoms with Crippen LogP contribution in [0.25, 0.3) is 0 Å². The predicted octanol–water partition coefficient (Wildman–Crippen LogP) is 1.58. The van der Waals surface area contributed by atoms with Crippen molar-refractivity contribution in [1.82, 2.24) is 20.4 Å². The van der Waals surface area contributed by atoms with Gasteiger partial charge in [0.2, 0.25) is 11.8 Å². The molecule has 2 aliphatic rings. The van der Waals surface area contributed by atoms with Crippen molar-refractivity contribution >= 4 is 18.3 Å². The lowest BCUT2D eigenvalue weighted by Gasteiger charge is -2.35. The molecule has 1 N–H and O–H groups in total. The van der Waals surface area contributed by atoms with Crippen molar-refractivity contribution in [2.75, 3.05) is 26.2 Å². The largest absolute Gasteiger partial charge is 0.342 e. The summed E-state index contributed by atoms with van der Waals surface area (Å²) in [6, 6.07) is 0. The topological polar surface area (TPSA) is 71.3 Å². The van der Waals surface area contributed by atoms with E-state index in [0.717, 1.165) is 64.1 Å². The van der Waals surface area contributed by atoms with Crippen molar-refractivity contribution in [3.8, 4) is 0 Å². The van der Waals surface area contributed by atoms with E-state index in [-0.39, 0.29) is 18.3 Å². The van der Waals surface area contributed by atoms with Gasteiger partial charge in [-0.2, -0.15) is 4.98 Å². The van der Waals surface area contributed by atoms with Gasteiger partial charge in [-0.15, -0.1) is 12.4 Å². The standard InChI is InChI=1S/C15H24N4O2.ClH/c1-11-17-14(18-21-11)8-12-4-3-7-19(10-12)15(20)13-5-2-6-16-9-13;/h12-13,16H,2-10H2,1H3;1H. The van der Waals surface area contributed by atoms with Crippen LogP contribution in [0.2, 0.25) is 0 Å². The molecule has 3 heterocycles. The van der Waals surface area contributed by atoms with Gasteiger partial charge in [0.25, 0.3) is 0 Å². The Morgan fingerprint density at radius 3 is 2.95 bits per heavy atom. The minimum Gasteiger partial charge on any atom is -0.342 e. The molecule has 0 aromatic carbocycles. The van der Waals surface area contributed by atoms with Crippen LogP contribution in [0.4, 0.5) is 0 Å². The summed E-state index contributed by atoms with van der Waals surface area (Å²) in [4.78, 5) is 18.9. The van der Waals surface area contributed by atoms with Gasteiger partial charge in [-0.1, -0.05) is 5.16 Å². The molecule has 2 aliphatic heterocycles. The Balaban J connectivity index is 0.00000176. The van der Waals surface area contributed by atoms with Crippen LogP contribution in [0.15, 0.2) is 4.52 Å². The van der Waals surface area contributed by atoms with Crippen LogP contribution in [-0.4, -0.2) is 47.1 Å². The number of likely N-dealkylation sites (tertiary alicyclic amines) is 1. The normalized spacial score (nSPS) is 25.6. The number of piperidine rings is 2. The fourth-order valence-electron chi connectivity index (χ4n) is 3.44. The lowest BCUT2D eigenvalue weighted by Crippen LogP contribution is -2.47. The van der Waals surface area contributed by atoms with E-state index in [4.69, 9.17) is 4.52 Å². The summed E-state index contributed by atoms with van der Waals surface area (Å²) in [5, 5.41) is 7.30. The summed E-state index contributed by atoms with van der Waals surface area (Å²) in [5.41, 5.74) is 0. The van der Waals surface area contributed by atoms with Crippen molar-refractivity contribution in [2.45, 2.75) is 39.0 Å². The Morgan fingerprint density at radius 2 is 2.27 bits per heavy atom. The summed E-state index contributed by atoms with van der Waals surface area (Å²) in [6.07, 6.45) is 5.16. The van der Waals surface area contributed by atoms with Crippen molar-refractivity contribution < 1.29 is 9.32 Å². The highest BCUT2D eigenvalue weighted by Gasteiger charge is 2.30. The van der Waals surface area contributed by atoms with Crippen molar-refractivity contribution in [2.24, 2.45) is 11.8 Å².